The molecule has 25 heavy (non-hydrogen) atoms. The van der Waals surface area contributed by atoms with Crippen LogP contribution in [-0.4, -0.2) is 60.4 Å². The molecule has 0 aromatic carbocycles. The van der Waals surface area contributed by atoms with Gasteiger partial charge in [0.25, 0.3) is 0 Å². The highest BCUT2D eigenvalue weighted by molar-refractivity contribution is 8.76. The van der Waals surface area contributed by atoms with E-state index in [1.54, 1.807) is 7.05 Å². The highest BCUT2D eigenvalue weighted by atomic mass is 33.1. The van der Waals surface area contributed by atoms with E-state index in [4.69, 9.17) is 10.9 Å². The molecule has 1 unspecified atom stereocenters. The Morgan fingerprint density at radius 3 is 2.24 bits per heavy atom. The summed E-state index contributed by atoms with van der Waals surface area (Å²) < 4.78 is 4.63. The fraction of sp³-hybridized carbons (Fsp3) is 0.714. The number of hydrogen-bond acceptors (Lipinski definition) is 9. The maximum absolute atomic E-state index is 10.6. The van der Waals surface area contributed by atoms with Crippen LogP contribution >= 0.6 is 21.6 Å². The van der Waals surface area contributed by atoms with Crippen molar-refractivity contribution in [3.8, 4) is 0 Å². The molecule has 0 aliphatic heterocycles. The van der Waals surface area contributed by atoms with Gasteiger partial charge in [0, 0.05) is 24.3 Å². The van der Waals surface area contributed by atoms with Crippen molar-refractivity contribution in [2.24, 2.45) is 5.84 Å². The smallest absolute Gasteiger partial charge is 0.421 e. The summed E-state index contributed by atoms with van der Waals surface area (Å²) in [6.45, 7) is 5.71. The Bertz CT molecular complexity index is 372. The molecular formula is C14H29N3O6S2. The maximum atomic E-state index is 10.6. The Morgan fingerprint density at radius 2 is 1.88 bits per heavy atom. The molecule has 11 heteroatoms. The molecule has 5 N–H and O–H groups in total. The maximum Gasteiger partial charge on any atom is 0.421 e. The summed E-state index contributed by atoms with van der Waals surface area (Å²) in [5.41, 5.74) is 1.83. The molecule has 1 amide bonds. The molecule has 148 valence electrons. The number of nitrogens with two attached hydrogens (primary N) is 1. The van der Waals surface area contributed by atoms with Crippen molar-refractivity contribution in [2.45, 2.75) is 39.7 Å². The lowest BCUT2D eigenvalue weighted by molar-refractivity contribution is -0.138. The van der Waals surface area contributed by atoms with Gasteiger partial charge < -0.3 is 24.7 Å². The average Bonchev–Trinajstić information content (AvgIpc) is 2.60. The molecule has 0 spiro atoms. The van der Waals surface area contributed by atoms with E-state index in [0.717, 1.165) is 6.29 Å². The third-order valence-electron chi connectivity index (χ3n) is 2.10. The van der Waals surface area contributed by atoms with E-state index in [2.05, 4.69) is 10.1 Å². The second-order valence-electron chi connectivity index (χ2n) is 3.97. The number of carboxylic acid groups (broad SMARTS) is 1. The largest absolute Gasteiger partial charge is 0.480 e. The van der Waals surface area contributed by atoms with Crippen LogP contribution in [0.25, 0.3) is 0 Å². The van der Waals surface area contributed by atoms with Crippen LogP contribution < -0.4 is 16.6 Å². The fourth-order valence-corrected chi connectivity index (χ4v) is 2.99. The summed E-state index contributed by atoms with van der Waals surface area (Å²) in [7, 11) is 4.43. The number of carbonyl (C=O) groups is 4. The van der Waals surface area contributed by atoms with E-state index in [-0.39, 0.29) is 12.4 Å². The Hall–Kier alpha value is -1.30. The molecule has 1 atom stereocenters. The Labute approximate surface area is 156 Å². The minimum Gasteiger partial charge on any atom is -0.480 e. The first-order valence-corrected chi connectivity index (χ1v) is 10.1. The summed E-state index contributed by atoms with van der Waals surface area (Å²) in [6, 6.07) is -0.564. The Morgan fingerprint density at radius 1 is 1.28 bits per heavy atom. The lowest BCUT2D eigenvalue weighted by Gasteiger charge is -2.09. The summed E-state index contributed by atoms with van der Waals surface area (Å²) in [5, 5.41) is 11.4. The van der Waals surface area contributed by atoms with Crippen LogP contribution in [0.5, 0.6) is 0 Å². The van der Waals surface area contributed by atoms with E-state index >= 15 is 0 Å². The van der Waals surface area contributed by atoms with Gasteiger partial charge in [-0.05, 0) is 14.0 Å². The highest BCUT2D eigenvalue weighted by Crippen LogP contribution is 2.21. The number of aldehydes is 1. The number of ether oxygens (including phenoxy) is 1. The molecule has 0 aliphatic rings. The predicted molar refractivity (Wildman–Crippen MR) is 101 cm³/mol. The zero-order chi connectivity index (χ0) is 20.1. The van der Waals surface area contributed by atoms with Crippen LogP contribution in [0.1, 0.15) is 33.6 Å². The number of rotatable bonds is 11. The van der Waals surface area contributed by atoms with Crippen molar-refractivity contribution in [1.29, 1.82) is 0 Å². The van der Waals surface area contributed by atoms with Crippen LogP contribution in [0.4, 0.5) is 4.79 Å². The zero-order valence-electron chi connectivity index (χ0n) is 15.1. The second kappa shape index (κ2) is 22.7. The number of nitrogens with one attached hydrogen (secondary N) is 2. The van der Waals surface area contributed by atoms with Gasteiger partial charge in [0.05, 0.1) is 0 Å². The number of Topliss-reactive ketones (excluding diaryl/α,β-unsaturated/α-hetero) is 1. The Balaban J connectivity index is -0.000000450. The molecule has 0 aromatic rings. The number of carbonyl (C=O) groups excluding carboxylic acids is 3. The Kier molecular flexibility index (Phi) is 25.9. The van der Waals surface area contributed by atoms with Crippen molar-refractivity contribution in [3.05, 3.63) is 0 Å². The van der Waals surface area contributed by atoms with E-state index in [9.17, 15) is 19.2 Å². The van der Waals surface area contributed by atoms with Crippen molar-refractivity contribution < 1.29 is 29.0 Å². The van der Waals surface area contributed by atoms with Gasteiger partial charge in [-0.25, -0.2) is 10.6 Å². The molecule has 0 saturated heterocycles. The van der Waals surface area contributed by atoms with Crippen molar-refractivity contribution in [3.63, 3.8) is 0 Å². The standard InChI is InChI=1S/C7H15N3O4S2.C5H8O2.C2H6/c1-9-5(6(11)12)4-16-15-3-2-14-7(13)10-8;1-5(7)3-2-4-6;1-2/h5,9H,2-4,8H2,1H3,(H,10,13)(H,11,12);4H,2-3H2,1H3;1-2H3. The van der Waals surface area contributed by atoms with E-state index in [1.165, 1.54) is 28.5 Å². The number of hydrogen-bond donors (Lipinski definition) is 4. The van der Waals surface area contributed by atoms with Gasteiger partial charge in [-0.1, -0.05) is 35.4 Å². The monoisotopic (exact) mass is 399 g/mol. The number of carboxylic acids is 1. The van der Waals surface area contributed by atoms with Gasteiger partial charge in [-0.3, -0.25) is 10.2 Å². The first-order valence-electron chi connectivity index (χ1n) is 7.59. The van der Waals surface area contributed by atoms with Gasteiger partial charge in [0.15, 0.2) is 0 Å². The fourth-order valence-electron chi connectivity index (χ4n) is 0.925. The quantitative estimate of drug-likeness (QED) is 0.0997. The zero-order valence-corrected chi connectivity index (χ0v) is 16.7. The first-order chi connectivity index (χ1) is 11.9. The van der Waals surface area contributed by atoms with Crippen molar-refractivity contribution >= 4 is 45.7 Å². The van der Waals surface area contributed by atoms with Crippen LogP contribution in [0.3, 0.4) is 0 Å². The van der Waals surface area contributed by atoms with E-state index in [0.29, 0.717) is 24.3 Å². The lowest BCUT2D eigenvalue weighted by Crippen LogP contribution is -2.35. The van der Waals surface area contributed by atoms with Gasteiger partial charge in [0.2, 0.25) is 0 Å². The number of ketones is 1. The van der Waals surface area contributed by atoms with E-state index in [1.807, 2.05) is 19.3 Å². The third-order valence-corrected chi connectivity index (χ3v) is 4.47. The summed E-state index contributed by atoms with van der Waals surface area (Å²) in [6.07, 6.45) is 0.837. The van der Waals surface area contributed by atoms with E-state index < -0.39 is 18.1 Å². The number of aliphatic carboxylic acids is 1. The van der Waals surface area contributed by atoms with Crippen molar-refractivity contribution in [2.75, 3.05) is 25.2 Å². The molecule has 0 aliphatic carbocycles. The normalized spacial score (nSPS) is 10.1. The topological polar surface area (TPSA) is 148 Å². The molecule has 0 saturated carbocycles. The third kappa shape index (κ3) is 25.1. The van der Waals surface area contributed by atoms with Crippen LogP contribution in [0.15, 0.2) is 0 Å². The molecule has 0 heterocycles. The summed E-state index contributed by atoms with van der Waals surface area (Å²) >= 11 is 0. The molecule has 0 fully saturated rings. The molecule has 9 nitrogen and oxygen atoms in total. The van der Waals surface area contributed by atoms with Crippen LogP contribution in [0, 0.1) is 0 Å². The average molecular weight is 400 g/mol. The first kappa shape index (κ1) is 28.5. The second-order valence-corrected chi connectivity index (χ2v) is 6.60. The SMILES string of the molecule is CC.CC(=O)CCC=O.CNC(CSSCCOC(=O)NN)C(=O)O. The van der Waals surface area contributed by atoms with Gasteiger partial charge in [-0.2, -0.15) is 0 Å². The number of likely N-dealkylation sites (N-methyl/N-ethyl adjacent to an activating group) is 1. The minimum absolute atomic E-state index is 0.0760. The highest BCUT2D eigenvalue weighted by Gasteiger charge is 2.14. The van der Waals surface area contributed by atoms with Crippen LogP contribution in [-0.2, 0) is 19.1 Å². The molecular weight excluding hydrogens is 370 g/mol. The molecule has 0 aromatic heterocycles. The lowest BCUT2D eigenvalue weighted by atomic mass is 10.3. The van der Waals surface area contributed by atoms with Gasteiger partial charge in [-0.15, -0.1) is 0 Å². The predicted octanol–water partition coefficient (Wildman–Crippen LogP) is 1.22. The minimum atomic E-state index is -0.880. The summed E-state index contributed by atoms with van der Waals surface area (Å²) in [4.78, 5) is 40.7. The van der Waals surface area contributed by atoms with Crippen molar-refractivity contribution in [1.82, 2.24) is 10.7 Å². The molecule has 0 radical (unpaired) electrons. The number of amides is 1. The summed E-state index contributed by atoms with van der Waals surface area (Å²) in [5.74, 6) is 5.01. The number of hydrazine groups is 1. The van der Waals surface area contributed by atoms with Gasteiger partial charge in [0.1, 0.15) is 24.7 Å². The molecule has 0 rings (SSSR count). The van der Waals surface area contributed by atoms with Crippen LogP contribution in [0.2, 0.25) is 0 Å². The van der Waals surface area contributed by atoms with Gasteiger partial charge >= 0.3 is 12.1 Å². The molecule has 0 bridgehead atoms.